The van der Waals surface area contributed by atoms with E-state index in [2.05, 4.69) is 16.5 Å². The second-order valence-electron chi connectivity index (χ2n) is 2.13. The Kier molecular flexibility index (Phi) is 2.06. The van der Waals surface area contributed by atoms with Crippen molar-refractivity contribution in [2.45, 2.75) is 6.42 Å². The van der Waals surface area contributed by atoms with Crippen LogP contribution in [0.15, 0.2) is 18.9 Å². The Labute approximate surface area is 65.0 Å². The van der Waals surface area contributed by atoms with Gasteiger partial charge in [0.2, 0.25) is 5.95 Å². The highest BCUT2D eigenvalue weighted by molar-refractivity contribution is 5.42. The van der Waals surface area contributed by atoms with Gasteiger partial charge in [0.15, 0.2) is 0 Å². The van der Waals surface area contributed by atoms with Crippen LogP contribution in [0, 0.1) is 0 Å². The average molecular weight is 150 g/mol. The normalized spacial score (nSPS) is 9.45. The molecule has 0 spiro atoms. The first kappa shape index (κ1) is 7.53. The first-order valence-corrected chi connectivity index (χ1v) is 3.22. The van der Waals surface area contributed by atoms with E-state index in [9.17, 15) is 0 Å². The van der Waals surface area contributed by atoms with E-state index in [4.69, 9.17) is 11.5 Å². The zero-order chi connectivity index (χ0) is 8.27. The van der Waals surface area contributed by atoms with E-state index in [0.717, 1.165) is 5.56 Å². The Hall–Kier alpha value is -1.58. The third-order valence-electron chi connectivity index (χ3n) is 1.28. The van der Waals surface area contributed by atoms with E-state index in [1.807, 2.05) is 0 Å². The van der Waals surface area contributed by atoms with Gasteiger partial charge in [0, 0.05) is 11.8 Å². The summed E-state index contributed by atoms with van der Waals surface area (Å²) in [7, 11) is 0. The fourth-order valence-electron chi connectivity index (χ4n) is 0.747. The molecule has 0 radical (unpaired) electrons. The number of nitrogens with zero attached hydrogens (tertiary/aromatic N) is 2. The molecule has 0 aliphatic heterocycles. The first-order valence-electron chi connectivity index (χ1n) is 3.22. The van der Waals surface area contributed by atoms with E-state index < -0.39 is 0 Å². The molecule has 11 heavy (non-hydrogen) atoms. The van der Waals surface area contributed by atoms with E-state index in [0.29, 0.717) is 12.2 Å². The lowest BCUT2D eigenvalue weighted by Gasteiger charge is -2.00. The first-order chi connectivity index (χ1) is 5.24. The molecule has 0 amide bonds. The number of aromatic nitrogens is 2. The van der Waals surface area contributed by atoms with Crippen LogP contribution in [0.2, 0.25) is 0 Å². The minimum Gasteiger partial charge on any atom is -0.383 e. The van der Waals surface area contributed by atoms with Crippen LogP contribution in [0.3, 0.4) is 0 Å². The van der Waals surface area contributed by atoms with Crippen molar-refractivity contribution in [1.82, 2.24) is 9.97 Å². The Morgan fingerprint density at radius 1 is 1.55 bits per heavy atom. The van der Waals surface area contributed by atoms with Gasteiger partial charge < -0.3 is 11.5 Å². The number of allylic oxidation sites excluding steroid dienone is 1. The van der Waals surface area contributed by atoms with Gasteiger partial charge in [-0.3, -0.25) is 0 Å². The Morgan fingerprint density at radius 2 is 2.27 bits per heavy atom. The Balaban J connectivity index is 2.98. The SMILES string of the molecule is C=CCc1cnc(N)nc1N. The number of hydrogen-bond acceptors (Lipinski definition) is 4. The standard InChI is InChI=1S/C7H10N4/c1-2-3-5-4-10-7(9)11-6(5)8/h2,4H,1,3H2,(H4,8,9,10,11). The van der Waals surface area contributed by atoms with E-state index in [1.54, 1.807) is 12.3 Å². The third kappa shape index (κ3) is 1.67. The van der Waals surface area contributed by atoms with Crippen molar-refractivity contribution < 1.29 is 0 Å². The van der Waals surface area contributed by atoms with Crippen LogP contribution in [0.1, 0.15) is 5.56 Å². The number of anilines is 2. The monoisotopic (exact) mass is 150 g/mol. The molecule has 0 aliphatic rings. The summed E-state index contributed by atoms with van der Waals surface area (Å²) in [4.78, 5) is 7.59. The maximum absolute atomic E-state index is 5.53. The van der Waals surface area contributed by atoms with Gasteiger partial charge >= 0.3 is 0 Å². The molecular weight excluding hydrogens is 140 g/mol. The van der Waals surface area contributed by atoms with Crippen LogP contribution in [0.5, 0.6) is 0 Å². The minimum absolute atomic E-state index is 0.204. The highest BCUT2D eigenvalue weighted by Crippen LogP contribution is 2.08. The highest BCUT2D eigenvalue weighted by Gasteiger charge is 1.98. The maximum atomic E-state index is 5.53. The van der Waals surface area contributed by atoms with Crippen molar-refractivity contribution in [2.24, 2.45) is 0 Å². The molecule has 0 aromatic carbocycles. The summed E-state index contributed by atoms with van der Waals surface area (Å²) < 4.78 is 0. The number of nitrogen functional groups attached to an aromatic ring is 2. The summed E-state index contributed by atoms with van der Waals surface area (Å²) in [5.74, 6) is 0.632. The third-order valence-corrected chi connectivity index (χ3v) is 1.28. The number of hydrogen-bond donors (Lipinski definition) is 2. The van der Waals surface area contributed by atoms with Crippen LogP contribution in [-0.2, 0) is 6.42 Å². The number of nitrogens with two attached hydrogens (primary N) is 2. The molecule has 1 aromatic heterocycles. The van der Waals surface area contributed by atoms with Crippen molar-refractivity contribution in [3.63, 3.8) is 0 Å². The summed E-state index contributed by atoms with van der Waals surface area (Å²) in [6.45, 7) is 3.58. The number of rotatable bonds is 2. The maximum Gasteiger partial charge on any atom is 0.221 e. The highest BCUT2D eigenvalue weighted by atomic mass is 15.0. The molecule has 0 atom stereocenters. The Morgan fingerprint density at radius 3 is 2.82 bits per heavy atom. The fraction of sp³-hybridized carbons (Fsp3) is 0.143. The van der Waals surface area contributed by atoms with Gasteiger partial charge in [-0.2, -0.15) is 4.98 Å². The van der Waals surface area contributed by atoms with Crippen molar-refractivity contribution in [1.29, 1.82) is 0 Å². The molecule has 58 valence electrons. The lowest BCUT2D eigenvalue weighted by atomic mass is 10.2. The van der Waals surface area contributed by atoms with E-state index in [1.165, 1.54) is 0 Å². The summed E-state index contributed by atoms with van der Waals surface area (Å²) in [6.07, 6.45) is 4.02. The molecule has 0 unspecified atom stereocenters. The largest absolute Gasteiger partial charge is 0.383 e. The van der Waals surface area contributed by atoms with Gasteiger partial charge in [-0.05, 0) is 6.42 Å². The summed E-state index contributed by atoms with van der Waals surface area (Å²) in [5, 5.41) is 0. The topological polar surface area (TPSA) is 77.8 Å². The summed E-state index contributed by atoms with van der Waals surface area (Å²) in [5.41, 5.74) is 11.7. The van der Waals surface area contributed by atoms with Gasteiger partial charge in [0.25, 0.3) is 0 Å². The predicted octanol–water partition coefficient (Wildman–Crippen LogP) is 0.369. The van der Waals surface area contributed by atoms with Crippen molar-refractivity contribution in [3.05, 3.63) is 24.4 Å². The van der Waals surface area contributed by atoms with Crippen molar-refractivity contribution >= 4 is 11.8 Å². The van der Waals surface area contributed by atoms with Crippen molar-refractivity contribution in [2.75, 3.05) is 11.5 Å². The van der Waals surface area contributed by atoms with Gasteiger partial charge in [0.1, 0.15) is 5.82 Å². The zero-order valence-electron chi connectivity index (χ0n) is 6.12. The predicted molar refractivity (Wildman–Crippen MR) is 44.8 cm³/mol. The lowest BCUT2D eigenvalue weighted by Crippen LogP contribution is -2.02. The smallest absolute Gasteiger partial charge is 0.221 e. The molecule has 0 saturated heterocycles. The molecule has 4 N–H and O–H groups in total. The average Bonchev–Trinajstić information content (AvgIpc) is 1.95. The van der Waals surface area contributed by atoms with Gasteiger partial charge in [0.05, 0.1) is 0 Å². The lowest BCUT2D eigenvalue weighted by molar-refractivity contribution is 1.12. The summed E-state index contributed by atoms with van der Waals surface area (Å²) in [6, 6.07) is 0. The molecule has 0 aliphatic carbocycles. The van der Waals surface area contributed by atoms with Crippen molar-refractivity contribution in [3.8, 4) is 0 Å². The summed E-state index contributed by atoms with van der Waals surface area (Å²) >= 11 is 0. The fourth-order valence-corrected chi connectivity index (χ4v) is 0.747. The van der Waals surface area contributed by atoms with Gasteiger partial charge in [-0.15, -0.1) is 6.58 Å². The Bertz CT molecular complexity index is 269. The molecule has 0 fully saturated rings. The van der Waals surface area contributed by atoms with Crippen LogP contribution in [-0.4, -0.2) is 9.97 Å². The zero-order valence-corrected chi connectivity index (χ0v) is 6.12. The van der Waals surface area contributed by atoms with E-state index in [-0.39, 0.29) is 5.95 Å². The molecular formula is C7H10N4. The molecule has 0 bridgehead atoms. The van der Waals surface area contributed by atoms with Gasteiger partial charge in [-0.25, -0.2) is 4.98 Å². The van der Waals surface area contributed by atoms with Gasteiger partial charge in [-0.1, -0.05) is 6.08 Å². The quantitative estimate of drug-likeness (QED) is 0.597. The van der Waals surface area contributed by atoms with Crippen LogP contribution < -0.4 is 11.5 Å². The van der Waals surface area contributed by atoms with Crippen LogP contribution in [0.25, 0.3) is 0 Å². The van der Waals surface area contributed by atoms with Crippen LogP contribution >= 0.6 is 0 Å². The molecule has 0 saturated carbocycles. The second-order valence-corrected chi connectivity index (χ2v) is 2.13. The molecule has 4 heteroatoms. The molecule has 1 aromatic rings. The second kappa shape index (κ2) is 3.01. The minimum atomic E-state index is 0.204. The molecule has 1 heterocycles. The van der Waals surface area contributed by atoms with Crippen LogP contribution in [0.4, 0.5) is 11.8 Å². The van der Waals surface area contributed by atoms with E-state index >= 15 is 0 Å². The molecule has 4 nitrogen and oxygen atoms in total. The molecule has 1 rings (SSSR count).